The number of ether oxygens (including phenoxy) is 1. The first-order chi connectivity index (χ1) is 17.3. The van der Waals surface area contributed by atoms with Crippen LogP contribution in [0.4, 0.5) is 18.9 Å². The number of benzene rings is 2. The van der Waals surface area contributed by atoms with Gasteiger partial charge in [-0.25, -0.2) is 4.98 Å². The molecule has 36 heavy (non-hydrogen) atoms. The number of hydrogen-bond donors (Lipinski definition) is 2. The van der Waals surface area contributed by atoms with Gasteiger partial charge in [0.2, 0.25) is 0 Å². The molecule has 1 aliphatic rings. The van der Waals surface area contributed by atoms with Crippen LogP contribution < -0.4 is 10.1 Å². The number of carbonyl (C=O) groups is 1. The molecule has 0 unspecified atom stereocenters. The van der Waals surface area contributed by atoms with Crippen molar-refractivity contribution in [2.24, 2.45) is 0 Å². The normalized spacial score (nSPS) is 14.7. The molecule has 2 aromatic carbocycles. The maximum atomic E-state index is 13.0. The lowest BCUT2D eigenvalue weighted by atomic mass is 10.1. The number of hydrogen-bond acceptors (Lipinski definition) is 5. The SMILES string of the molecule is CN1CCN(CCOc2ccc(-c3ncc(C(F)(F)F)[nH]3)cc2NC(=O)C#Cc2ccccc2)CC1. The lowest BCUT2D eigenvalue weighted by molar-refractivity contribution is -0.140. The van der Waals surface area contributed by atoms with Crippen molar-refractivity contribution in [1.29, 1.82) is 0 Å². The summed E-state index contributed by atoms with van der Waals surface area (Å²) >= 11 is 0. The van der Waals surface area contributed by atoms with E-state index in [4.69, 9.17) is 4.74 Å². The number of amides is 1. The van der Waals surface area contributed by atoms with E-state index >= 15 is 0 Å². The summed E-state index contributed by atoms with van der Waals surface area (Å²) in [4.78, 5) is 23.2. The Labute approximate surface area is 207 Å². The fourth-order valence-electron chi connectivity index (χ4n) is 3.67. The van der Waals surface area contributed by atoms with Crippen LogP contribution in [-0.2, 0) is 11.0 Å². The van der Waals surface area contributed by atoms with Gasteiger partial charge in [0.15, 0.2) is 0 Å². The predicted molar refractivity (Wildman–Crippen MR) is 130 cm³/mol. The zero-order valence-electron chi connectivity index (χ0n) is 19.7. The number of H-pyrrole nitrogens is 1. The van der Waals surface area contributed by atoms with Crippen molar-refractivity contribution >= 4 is 11.6 Å². The Morgan fingerprint density at radius 1 is 1.14 bits per heavy atom. The minimum Gasteiger partial charge on any atom is -0.490 e. The Kier molecular flexibility index (Phi) is 7.93. The fourth-order valence-corrected chi connectivity index (χ4v) is 3.67. The van der Waals surface area contributed by atoms with Crippen molar-refractivity contribution in [3.63, 3.8) is 0 Å². The van der Waals surface area contributed by atoms with Gasteiger partial charge < -0.3 is 19.9 Å². The lowest BCUT2D eigenvalue weighted by Crippen LogP contribution is -2.45. The van der Waals surface area contributed by atoms with Crippen molar-refractivity contribution in [1.82, 2.24) is 19.8 Å². The first-order valence-electron chi connectivity index (χ1n) is 11.5. The monoisotopic (exact) mass is 497 g/mol. The van der Waals surface area contributed by atoms with Gasteiger partial charge in [-0.15, -0.1) is 0 Å². The van der Waals surface area contributed by atoms with E-state index in [0.29, 0.717) is 35.7 Å². The summed E-state index contributed by atoms with van der Waals surface area (Å²) in [5, 5.41) is 2.70. The molecule has 2 heterocycles. The average molecular weight is 498 g/mol. The number of carbonyl (C=O) groups excluding carboxylic acids is 1. The van der Waals surface area contributed by atoms with Crippen LogP contribution in [0.2, 0.25) is 0 Å². The Morgan fingerprint density at radius 3 is 2.58 bits per heavy atom. The highest BCUT2D eigenvalue weighted by atomic mass is 19.4. The molecule has 1 amide bonds. The minimum absolute atomic E-state index is 0.0252. The lowest BCUT2D eigenvalue weighted by Gasteiger charge is -2.32. The van der Waals surface area contributed by atoms with Crippen molar-refractivity contribution in [3.8, 4) is 29.0 Å². The zero-order valence-corrected chi connectivity index (χ0v) is 19.7. The molecule has 188 valence electrons. The molecule has 3 aromatic rings. The van der Waals surface area contributed by atoms with E-state index in [1.54, 1.807) is 24.3 Å². The maximum absolute atomic E-state index is 13.0. The van der Waals surface area contributed by atoms with Gasteiger partial charge in [-0.1, -0.05) is 24.1 Å². The topological polar surface area (TPSA) is 73.5 Å². The molecule has 0 saturated carbocycles. The molecule has 4 rings (SSSR count). The van der Waals surface area contributed by atoms with Crippen LogP contribution in [0.5, 0.6) is 5.75 Å². The van der Waals surface area contributed by atoms with Gasteiger partial charge in [0, 0.05) is 49.8 Å². The first kappa shape index (κ1) is 25.3. The molecular formula is C26H26F3N5O2. The smallest absolute Gasteiger partial charge is 0.432 e. The van der Waals surface area contributed by atoms with Crippen LogP contribution in [0.3, 0.4) is 0 Å². The second-order valence-corrected chi connectivity index (χ2v) is 8.42. The number of likely N-dealkylation sites (N-methyl/N-ethyl adjacent to an activating group) is 1. The van der Waals surface area contributed by atoms with Crippen molar-refractivity contribution in [2.45, 2.75) is 6.18 Å². The van der Waals surface area contributed by atoms with Crippen LogP contribution in [0, 0.1) is 11.8 Å². The van der Waals surface area contributed by atoms with E-state index in [1.165, 1.54) is 6.07 Å². The minimum atomic E-state index is -4.54. The van der Waals surface area contributed by atoms with E-state index in [9.17, 15) is 18.0 Å². The molecule has 0 spiro atoms. The third kappa shape index (κ3) is 6.87. The van der Waals surface area contributed by atoms with Gasteiger partial charge >= 0.3 is 12.1 Å². The molecule has 10 heteroatoms. The average Bonchev–Trinajstić information content (AvgIpc) is 3.37. The molecule has 1 saturated heterocycles. The molecule has 0 bridgehead atoms. The molecule has 7 nitrogen and oxygen atoms in total. The van der Waals surface area contributed by atoms with Gasteiger partial charge in [-0.05, 0) is 37.4 Å². The standard InChI is InChI=1S/C26H26F3N5O2/c1-33-11-13-34(14-12-33)15-16-36-22-9-8-20(25-30-18-23(32-25)26(27,28)29)17-21(22)31-24(35)10-7-19-5-3-2-4-6-19/h2-6,8-9,17-18H,11-16H2,1H3,(H,30,32)(H,31,35). The number of alkyl halides is 3. The number of nitrogens with zero attached hydrogens (tertiary/aromatic N) is 3. The van der Waals surface area contributed by atoms with Gasteiger partial charge in [-0.3, -0.25) is 9.69 Å². The van der Waals surface area contributed by atoms with Gasteiger partial charge in [0.25, 0.3) is 0 Å². The van der Waals surface area contributed by atoms with E-state index in [0.717, 1.165) is 32.4 Å². The maximum Gasteiger partial charge on any atom is 0.432 e. The molecule has 0 aliphatic carbocycles. The van der Waals surface area contributed by atoms with Crippen LogP contribution in [0.25, 0.3) is 11.4 Å². The predicted octanol–water partition coefficient (Wildman–Crippen LogP) is 3.71. The summed E-state index contributed by atoms with van der Waals surface area (Å²) in [6, 6.07) is 13.8. The van der Waals surface area contributed by atoms with Crippen LogP contribution >= 0.6 is 0 Å². The molecular weight excluding hydrogens is 471 g/mol. The van der Waals surface area contributed by atoms with Crippen LogP contribution in [0.15, 0.2) is 54.7 Å². The number of aromatic amines is 1. The molecule has 1 aliphatic heterocycles. The van der Waals surface area contributed by atoms with Gasteiger partial charge in [0.1, 0.15) is 23.9 Å². The number of piperazine rings is 1. The molecule has 2 N–H and O–H groups in total. The molecule has 1 fully saturated rings. The van der Waals surface area contributed by atoms with E-state index in [1.807, 2.05) is 18.2 Å². The summed E-state index contributed by atoms with van der Waals surface area (Å²) in [6.45, 7) is 4.96. The highest BCUT2D eigenvalue weighted by Gasteiger charge is 2.33. The number of anilines is 1. The third-order valence-corrected chi connectivity index (χ3v) is 5.74. The van der Waals surface area contributed by atoms with Crippen LogP contribution in [0.1, 0.15) is 11.3 Å². The second kappa shape index (κ2) is 11.3. The number of halogens is 3. The molecule has 1 aromatic heterocycles. The number of rotatable bonds is 6. The fraction of sp³-hybridized carbons (Fsp3) is 0.308. The van der Waals surface area contributed by atoms with E-state index in [-0.39, 0.29) is 5.82 Å². The van der Waals surface area contributed by atoms with E-state index < -0.39 is 17.8 Å². The number of nitrogens with one attached hydrogen (secondary N) is 2. The highest BCUT2D eigenvalue weighted by molar-refractivity contribution is 6.05. The largest absolute Gasteiger partial charge is 0.490 e. The van der Waals surface area contributed by atoms with Crippen molar-refractivity contribution in [3.05, 3.63) is 66.0 Å². The Balaban J connectivity index is 1.51. The summed E-state index contributed by atoms with van der Waals surface area (Å²) < 4.78 is 45.0. The summed E-state index contributed by atoms with van der Waals surface area (Å²) in [5.74, 6) is 5.16. The quantitative estimate of drug-likeness (QED) is 0.508. The van der Waals surface area contributed by atoms with Gasteiger partial charge in [0.05, 0.1) is 11.9 Å². The Bertz CT molecular complexity index is 1240. The second-order valence-electron chi connectivity index (χ2n) is 8.42. The molecule has 0 atom stereocenters. The summed E-state index contributed by atoms with van der Waals surface area (Å²) in [5.41, 5.74) is 0.385. The zero-order chi connectivity index (χ0) is 25.5. The number of imidazole rings is 1. The Hall–Kier alpha value is -3.81. The summed E-state index contributed by atoms with van der Waals surface area (Å²) in [6.07, 6.45) is -3.80. The van der Waals surface area contributed by atoms with Crippen molar-refractivity contribution < 1.29 is 22.7 Å². The van der Waals surface area contributed by atoms with E-state index in [2.05, 4.69) is 44.0 Å². The van der Waals surface area contributed by atoms with Crippen molar-refractivity contribution in [2.75, 3.05) is 51.7 Å². The highest BCUT2D eigenvalue weighted by Crippen LogP contribution is 2.32. The van der Waals surface area contributed by atoms with Gasteiger partial charge in [-0.2, -0.15) is 13.2 Å². The Morgan fingerprint density at radius 2 is 1.89 bits per heavy atom. The van der Waals surface area contributed by atoms with Crippen LogP contribution in [-0.4, -0.2) is 72.1 Å². The summed E-state index contributed by atoms with van der Waals surface area (Å²) in [7, 11) is 2.09. The first-order valence-corrected chi connectivity index (χ1v) is 11.5. The number of aromatic nitrogens is 2. The molecule has 0 radical (unpaired) electrons. The third-order valence-electron chi connectivity index (χ3n) is 5.74.